The molecule has 1 rings (SSSR count). The second kappa shape index (κ2) is 4.30. The van der Waals surface area contributed by atoms with E-state index in [2.05, 4.69) is 4.74 Å². The molecule has 5 atom stereocenters. The Morgan fingerprint density at radius 3 is 2.06 bits per heavy atom. The maximum Gasteiger partial charge on any atom is 0.387 e. The molecule has 1 aliphatic rings. The number of hydrogen-bond acceptors (Lipinski definition) is 7. The predicted octanol–water partition coefficient (Wildman–Crippen LogP) is -3.72. The predicted molar refractivity (Wildman–Crippen MR) is 47.0 cm³/mol. The minimum absolute atomic E-state index is 0.896. The summed E-state index contributed by atoms with van der Waals surface area (Å²) < 4.78 is 15.3. The third kappa shape index (κ3) is 2.02. The van der Waals surface area contributed by atoms with Gasteiger partial charge in [0.15, 0.2) is 0 Å². The number of aliphatic hydroxyl groups is 5. The van der Waals surface area contributed by atoms with Crippen LogP contribution in [0.25, 0.3) is 0 Å². The fourth-order valence-corrected chi connectivity index (χ4v) is 2.15. The van der Waals surface area contributed by atoms with Gasteiger partial charge in [0.05, 0.1) is 6.61 Å². The molecule has 0 aliphatic carbocycles. The standard InChI is InChI=1S/C6H13O9P/c7-1-2-3(8)4(9)5(10)6(11,15-2)16(12,13)14/h2-5,7-11H,1H2,(H2,12,13,14)/t2-,3-,4+,5-,6?/m1/s1. The summed E-state index contributed by atoms with van der Waals surface area (Å²) >= 11 is 0. The number of rotatable bonds is 2. The molecular weight excluding hydrogens is 247 g/mol. The van der Waals surface area contributed by atoms with Crippen molar-refractivity contribution in [3.8, 4) is 0 Å². The van der Waals surface area contributed by atoms with E-state index in [-0.39, 0.29) is 0 Å². The van der Waals surface area contributed by atoms with Gasteiger partial charge < -0.3 is 40.1 Å². The van der Waals surface area contributed by atoms with Crippen LogP contribution in [0.15, 0.2) is 0 Å². The SMILES string of the molecule is O=P(O)(O)C1(O)O[C@H](CO)[C@@H](O)[C@H](O)[C@H]1O. The molecule has 1 unspecified atom stereocenters. The van der Waals surface area contributed by atoms with E-state index in [1.54, 1.807) is 0 Å². The topological polar surface area (TPSA) is 168 Å². The van der Waals surface area contributed by atoms with Crippen LogP contribution in [0.1, 0.15) is 0 Å². The minimum Gasteiger partial charge on any atom is -0.394 e. The highest BCUT2D eigenvalue weighted by Crippen LogP contribution is 2.54. The van der Waals surface area contributed by atoms with Crippen molar-refractivity contribution >= 4 is 7.60 Å². The van der Waals surface area contributed by atoms with Gasteiger partial charge in [0, 0.05) is 0 Å². The van der Waals surface area contributed by atoms with E-state index in [0.717, 1.165) is 0 Å². The van der Waals surface area contributed by atoms with Crippen LogP contribution < -0.4 is 0 Å². The van der Waals surface area contributed by atoms with Crippen molar-refractivity contribution in [3.63, 3.8) is 0 Å². The molecule has 96 valence electrons. The molecule has 0 amide bonds. The van der Waals surface area contributed by atoms with Crippen LogP contribution in [0.2, 0.25) is 0 Å². The average molecular weight is 260 g/mol. The molecule has 16 heavy (non-hydrogen) atoms. The lowest BCUT2D eigenvalue weighted by Crippen LogP contribution is -2.64. The largest absolute Gasteiger partial charge is 0.394 e. The second-order valence-electron chi connectivity index (χ2n) is 3.47. The maximum absolute atomic E-state index is 10.9. The van der Waals surface area contributed by atoms with Crippen LogP contribution in [0, 0.1) is 0 Å². The van der Waals surface area contributed by atoms with Crippen LogP contribution in [-0.4, -0.2) is 71.9 Å². The molecule has 10 heteroatoms. The molecule has 1 aliphatic heterocycles. The zero-order valence-corrected chi connectivity index (χ0v) is 8.81. The Balaban J connectivity index is 3.09. The van der Waals surface area contributed by atoms with Gasteiger partial charge in [0.1, 0.15) is 24.4 Å². The van der Waals surface area contributed by atoms with Gasteiger partial charge in [0.25, 0.3) is 5.53 Å². The van der Waals surface area contributed by atoms with Gasteiger partial charge in [-0.25, -0.2) is 0 Å². The van der Waals surface area contributed by atoms with E-state index in [0.29, 0.717) is 0 Å². The highest BCUT2D eigenvalue weighted by atomic mass is 31.2. The second-order valence-corrected chi connectivity index (χ2v) is 5.20. The lowest BCUT2D eigenvalue weighted by atomic mass is 9.99. The average Bonchev–Trinajstić information content (AvgIpc) is 2.19. The summed E-state index contributed by atoms with van der Waals surface area (Å²) in [6.07, 6.45) is -7.84. The Morgan fingerprint density at radius 1 is 1.19 bits per heavy atom. The normalized spacial score (nSPS) is 45.7. The summed E-state index contributed by atoms with van der Waals surface area (Å²) in [5.41, 5.74) is -3.35. The molecule has 0 saturated carbocycles. The van der Waals surface area contributed by atoms with Crippen molar-refractivity contribution < 1.29 is 44.6 Å². The Kier molecular flexibility index (Phi) is 3.75. The number of hydrogen-bond donors (Lipinski definition) is 7. The van der Waals surface area contributed by atoms with Gasteiger partial charge in [-0.05, 0) is 0 Å². The first-order chi connectivity index (χ1) is 7.15. The Labute approximate surface area is 89.7 Å². The summed E-state index contributed by atoms with van der Waals surface area (Å²) in [4.78, 5) is 17.6. The fourth-order valence-electron chi connectivity index (χ4n) is 1.38. The number of ether oxygens (including phenoxy) is 1. The summed E-state index contributed by atoms with van der Waals surface area (Å²) in [7, 11) is -5.32. The molecule has 0 aromatic heterocycles. The molecule has 7 N–H and O–H groups in total. The van der Waals surface area contributed by atoms with Gasteiger partial charge in [-0.1, -0.05) is 0 Å². The maximum atomic E-state index is 10.9. The van der Waals surface area contributed by atoms with E-state index in [4.69, 9.17) is 14.9 Å². The minimum atomic E-state index is -5.32. The summed E-state index contributed by atoms with van der Waals surface area (Å²) in [6, 6.07) is 0. The van der Waals surface area contributed by atoms with E-state index >= 15 is 0 Å². The van der Waals surface area contributed by atoms with E-state index < -0.39 is 44.1 Å². The molecule has 1 saturated heterocycles. The lowest BCUT2D eigenvalue weighted by molar-refractivity contribution is -0.315. The van der Waals surface area contributed by atoms with Crippen LogP contribution >= 0.6 is 7.60 Å². The third-order valence-electron chi connectivity index (χ3n) is 2.36. The zero-order valence-electron chi connectivity index (χ0n) is 7.91. The van der Waals surface area contributed by atoms with Crippen LogP contribution in [-0.2, 0) is 9.30 Å². The van der Waals surface area contributed by atoms with E-state index in [9.17, 15) is 25.0 Å². The summed E-state index contributed by atoms with van der Waals surface area (Å²) in [5, 5.41) is 45.9. The molecular formula is C6H13O9P. The number of aliphatic hydroxyl groups excluding tert-OH is 4. The highest BCUT2D eigenvalue weighted by molar-refractivity contribution is 7.53. The van der Waals surface area contributed by atoms with Crippen molar-refractivity contribution in [2.45, 2.75) is 29.9 Å². The smallest absolute Gasteiger partial charge is 0.387 e. The van der Waals surface area contributed by atoms with E-state index in [1.165, 1.54) is 0 Å². The first-order valence-electron chi connectivity index (χ1n) is 4.26. The van der Waals surface area contributed by atoms with Gasteiger partial charge in [-0.3, -0.25) is 4.57 Å². The zero-order chi connectivity index (χ0) is 12.7. The van der Waals surface area contributed by atoms with Crippen molar-refractivity contribution in [2.24, 2.45) is 0 Å². The Hall–Kier alpha value is -0.0900. The van der Waals surface area contributed by atoms with Crippen molar-refractivity contribution in [3.05, 3.63) is 0 Å². The molecule has 1 heterocycles. The highest BCUT2D eigenvalue weighted by Gasteiger charge is 2.62. The van der Waals surface area contributed by atoms with E-state index in [1.807, 2.05) is 0 Å². The van der Waals surface area contributed by atoms with Crippen LogP contribution in [0.5, 0.6) is 0 Å². The molecule has 0 spiro atoms. The van der Waals surface area contributed by atoms with Crippen molar-refractivity contribution in [2.75, 3.05) is 6.61 Å². The quantitative estimate of drug-likeness (QED) is 0.247. The first-order valence-corrected chi connectivity index (χ1v) is 5.87. The van der Waals surface area contributed by atoms with Gasteiger partial charge in [-0.15, -0.1) is 0 Å². The van der Waals surface area contributed by atoms with Gasteiger partial charge in [0.2, 0.25) is 0 Å². The first kappa shape index (κ1) is 14.0. The molecule has 0 aromatic rings. The van der Waals surface area contributed by atoms with Crippen molar-refractivity contribution in [1.29, 1.82) is 0 Å². The molecule has 0 aromatic carbocycles. The Morgan fingerprint density at radius 2 is 1.69 bits per heavy atom. The monoisotopic (exact) mass is 260 g/mol. The van der Waals surface area contributed by atoms with Crippen molar-refractivity contribution in [1.82, 2.24) is 0 Å². The molecule has 1 fully saturated rings. The van der Waals surface area contributed by atoms with Crippen LogP contribution in [0.4, 0.5) is 0 Å². The third-order valence-corrected chi connectivity index (χ3v) is 3.57. The summed E-state index contributed by atoms with van der Waals surface area (Å²) in [6.45, 7) is -0.896. The van der Waals surface area contributed by atoms with Gasteiger partial charge in [-0.2, -0.15) is 0 Å². The molecule has 0 radical (unpaired) electrons. The summed E-state index contributed by atoms with van der Waals surface area (Å²) in [5.74, 6) is 0. The van der Waals surface area contributed by atoms with Crippen LogP contribution in [0.3, 0.4) is 0 Å². The van der Waals surface area contributed by atoms with Gasteiger partial charge >= 0.3 is 7.60 Å². The Bertz CT molecular complexity index is 300. The fraction of sp³-hybridized carbons (Fsp3) is 1.00. The molecule has 0 bridgehead atoms. The lowest BCUT2D eigenvalue weighted by Gasteiger charge is -2.44. The molecule has 9 nitrogen and oxygen atoms in total.